The molecular formula is C22H24N2O4. The highest BCUT2D eigenvalue weighted by molar-refractivity contribution is 5.96. The van der Waals surface area contributed by atoms with E-state index >= 15 is 0 Å². The highest BCUT2D eigenvalue weighted by atomic mass is 16.5. The molecule has 0 spiro atoms. The van der Waals surface area contributed by atoms with Crippen molar-refractivity contribution in [3.63, 3.8) is 0 Å². The largest absolute Gasteiger partial charge is 0.452 e. The standard InChI is InChI=1S/C22H24N2O4/c1-15(7-8-16-5-3-2-4-6-16)23-21(26)14-28-22(27)18-9-11-19-17(13-18)10-12-20(25)24-19/h2-6,9,11,13,15H,7-8,10,12,14H2,1H3,(H,23,26)(H,24,25). The number of fused-ring (bicyclic) bond motifs is 1. The van der Waals surface area contributed by atoms with Gasteiger partial charge in [0.15, 0.2) is 6.61 Å². The molecule has 0 saturated heterocycles. The van der Waals surface area contributed by atoms with Crippen LogP contribution in [0, 0.1) is 0 Å². The van der Waals surface area contributed by atoms with Crippen molar-refractivity contribution in [3.05, 3.63) is 65.2 Å². The van der Waals surface area contributed by atoms with Crippen LogP contribution < -0.4 is 10.6 Å². The molecule has 0 aliphatic carbocycles. The van der Waals surface area contributed by atoms with E-state index in [1.165, 1.54) is 5.56 Å². The van der Waals surface area contributed by atoms with Crippen LogP contribution >= 0.6 is 0 Å². The third kappa shape index (κ3) is 5.42. The van der Waals surface area contributed by atoms with Gasteiger partial charge in [0.2, 0.25) is 5.91 Å². The van der Waals surface area contributed by atoms with E-state index in [0.717, 1.165) is 24.1 Å². The fourth-order valence-electron chi connectivity index (χ4n) is 3.14. The fraction of sp³-hybridized carbons (Fsp3) is 0.318. The second-order valence-corrected chi connectivity index (χ2v) is 6.99. The summed E-state index contributed by atoms with van der Waals surface area (Å²) in [4.78, 5) is 35.6. The number of rotatable bonds is 7. The number of amides is 2. The van der Waals surface area contributed by atoms with Gasteiger partial charge in [0.25, 0.3) is 5.91 Å². The Balaban J connectivity index is 1.44. The summed E-state index contributed by atoms with van der Waals surface area (Å²) in [6.07, 6.45) is 2.66. The maximum Gasteiger partial charge on any atom is 0.338 e. The molecule has 0 fully saturated rings. The van der Waals surface area contributed by atoms with Crippen LogP contribution in [0.5, 0.6) is 0 Å². The fourth-order valence-corrected chi connectivity index (χ4v) is 3.14. The van der Waals surface area contributed by atoms with Crippen molar-refractivity contribution in [1.82, 2.24) is 5.32 Å². The summed E-state index contributed by atoms with van der Waals surface area (Å²) in [7, 11) is 0. The first-order valence-electron chi connectivity index (χ1n) is 9.44. The number of nitrogens with one attached hydrogen (secondary N) is 2. The number of anilines is 1. The second-order valence-electron chi connectivity index (χ2n) is 6.99. The summed E-state index contributed by atoms with van der Waals surface area (Å²) in [5, 5.41) is 5.61. The van der Waals surface area contributed by atoms with Gasteiger partial charge in [0.05, 0.1) is 5.56 Å². The molecule has 3 rings (SSSR count). The Kier molecular flexibility index (Phi) is 6.42. The number of esters is 1. The zero-order valence-corrected chi connectivity index (χ0v) is 15.9. The van der Waals surface area contributed by atoms with Crippen LogP contribution in [0.4, 0.5) is 5.69 Å². The van der Waals surface area contributed by atoms with E-state index in [1.807, 2.05) is 25.1 Å². The molecule has 28 heavy (non-hydrogen) atoms. The lowest BCUT2D eigenvalue weighted by Crippen LogP contribution is -2.36. The van der Waals surface area contributed by atoms with Gasteiger partial charge in [-0.3, -0.25) is 9.59 Å². The van der Waals surface area contributed by atoms with Crippen molar-refractivity contribution in [2.45, 2.75) is 38.6 Å². The minimum absolute atomic E-state index is 0.0150. The van der Waals surface area contributed by atoms with Crippen molar-refractivity contribution in [2.24, 2.45) is 0 Å². The normalized spacial score (nSPS) is 13.8. The summed E-state index contributed by atoms with van der Waals surface area (Å²) < 4.78 is 5.13. The number of aryl methyl sites for hydroxylation is 2. The van der Waals surface area contributed by atoms with Gasteiger partial charge in [0, 0.05) is 18.2 Å². The minimum atomic E-state index is -0.549. The zero-order valence-electron chi connectivity index (χ0n) is 15.9. The van der Waals surface area contributed by atoms with Crippen LogP contribution in [0.25, 0.3) is 0 Å². The lowest BCUT2D eigenvalue weighted by molar-refractivity contribution is -0.124. The number of carbonyl (C=O) groups is 3. The van der Waals surface area contributed by atoms with Crippen molar-refractivity contribution in [3.8, 4) is 0 Å². The lowest BCUT2D eigenvalue weighted by atomic mass is 10.0. The molecule has 0 bridgehead atoms. The highest BCUT2D eigenvalue weighted by Crippen LogP contribution is 2.23. The van der Waals surface area contributed by atoms with Crippen LogP contribution in [0.1, 0.15) is 41.3 Å². The quantitative estimate of drug-likeness (QED) is 0.724. The Hall–Kier alpha value is -3.15. The average Bonchev–Trinajstić information content (AvgIpc) is 2.71. The van der Waals surface area contributed by atoms with Crippen LogP contribution in [-0.2, 0) is 27.2 Å². The maximum atomic E-state index is 12.2. The number of ether oxygens (including phenoxy) is 1. The predicted octanol–water partition coefficient (Wildman–Crippen LogP) is 2.87. The summed E-state index contributed by atoms with van der Waals surface area (Å²) in [6.45, 7) is 1.61. The molecule has 0 saturated carbocycles. The molecule has 0 radical (unpaired) electrons. The van der Waals surface area contributed by atoms with E-state index in [-0.39, 0.29) is 24.5 Å². The van der Waals surface area contributed by atoms with E-state index in [0.29, 0.717) is 18.4 Å². The Morgan fingerprint density at radius 2 is 1.93 bits per heavy atom. The van der Waals surface area contributed by atoms with Gasteiger partial charge in [-0.05, 0) is 55.5 Å². The topological polar surface area (TPSA) is 84.5 Å². The lowest BCUT2D eigenvalue weighted by Gasteiger charge is -2.17. The molecule has 2 N–H and O–H groups in total. The molecule has 146 valence electrons. The van der Waals surface area contributed by atoms with E-state index in [2.05, 4.69) is 22.8 Å². The van der Waals surface area contributed by atoms with Crippen molar-refractivity contribution in [2.75, 3.05) is 11.9 Å². The van der Waals surface area contributed by atoms with Gasteiger partial charge in [-0.15, -0.1) is 0 Å². The molecule has 1 aliphatic heterocycles. The molecule has 1 unspecified atom stereocenters. The van der Waals surface area contributed by atoms with E-state index < -0.39 is 5.97 Å². The van der Waals surface area contributed by atoms with E-state index in [1.54, 1.807) is 18.2 Å². The summed E-state index contributed by atoms with van der Waals surface area (Å²) in [6, 6.07) is 15.0. The molecule has 0 aromatic heterocycles. The first-order chi connectivity index (χ1) is 13.5. The van der Waals surface area contributed by atoms with Gasteiger partial charge in [0.1, 0.15) is 0 Å². The van der Waals surface area contributed by atoms with Crippen molar-refractivity contribution in [1.29, 1.82) is 0 Å². The zero-order chi connectivity index (χ0) is 19.9. The van der Waals surface area contributed by atoms with Crippen molar-refractivity contribution >= 4 is 23.5 Å². The molecular weight excluding hydrogens is 356 g/mol. The Labute approximate surface area is 164 Å². The average molecular weight is 380 g/mol. The molecule has 2 aromatic rings. The van der Waals surface area contributed by atoms with Crippen molar-refractivity contribution < 1.29 is 19.1 Å². The first kappa shape index (κ1) is 19.6. The molecule has 6 nitrogen and oxygen atoms in total. The summed E-state index contributed by atoms with van der Waals surface area (Å²) in [5.41, 5.74) is 3.21. The smallest absolute Gasteiger partial charge is 0.338 e. The molecule has 1 heterocycles. The molecule has 1 atom stereocenters. The molecule has 2 amide bonds. The Bertz CT molecular complexity index is 864. The van der Waals surface area contributed by atoms with Crippen LogP contribution in [0.15, 0.2) is 48.5 Å². The summed E-state index contributed by atoms with van der Waals surface area (Å²) in [5.74, 6) is -0.896. The highest BCUT2D eigenvalue weighted by Gasteiger charge is 2.18. The van der Waals surface area contributed by atoms with Gasteiger partial charge in [-0.1, -0.05) is 30.3 Å². The van der Waals surface area contributed by atoms with Gasteiger partial charge in [-0.25, -0.2) is 4.79 Å². The third-order valence-electron chi connectivity index (χ3n) is 4.69. The summed E-state index contributed by atoms with van der Waals surface area (Å²) >= 11 is 0. The SMILES string of the molecule is CC(CCc1ccccc1)NC(=O)COC(=O)c1ccc2c(c1)CCC(=O)N2. The Morgan fingerprint density at radius 3 is 2.71 bits per heavy atom. The number of benzene rings is 2. The van der Waals surface area contributed by atoms with Crippen LogP contribution in [-0.4, -0.2) is 30.4 Å². The van der Waals surface area contributed by atoms with Gasteiger partial charge >= 0.3 is 5.97 Å². The van der Waals surface area contributed by atoms with Crippen LogP contribution in [0.2, 0.25) is 0 Å². The second kappa shape index (κ2) is 9.17. The van der Waals surface area contributed by atoms with Gasteiger partial charge < -0.3 is 15.4 Å². The monoisotopic (exact) mass is 380 g/mol. The van der Waals surface area contributed by atoms with Gasteiger partial charge in [-0.2, -0.15) is 0 Å². The Morgan fingerprint density at radius 1 is 1.14 bits per heavy atom. The minimum Gasteiger partial charge on any atom is -0.452 e. The van der Waals surface area contributed by atoms with Crippen LogP contribution in [0.3, 0.4) is 0 Å². The number of hydrogen-bond acceptors (Lipinski definition) is 4. The first-order valence-corrected chi connectivity index (χ1v) is 9.44. The third-order valence-corrected chi connectivity index (χ3v) is 4.69. The van der Waals surface area contributed by atoms with E-state index in [4.69, 9.17) is 4.74 Å². The number of carbonyl (C=O) groups excluding carboxylic acids is 3. The number of hydrogen-bond donors (Lipinski definition) is 2. The molecule has 6 heteroatoms. The predicted molar refractivity (Wildman–Crippen MR) is 106 cm³/mol. The molecule has 2 aromatic carbocycles. The van der Waals surface area contributed by atoms with E-state index in [9.17, 15) is 14.4 Å². The maximum absolute atomic E-state index is 12.2. The molecule has 1 aliphatic rings.